The van der Waals surface area contributed by atoms with E-state index in [1.165, 1.54) is 37.3 Å². The topological polar surface area (TPSA) is 82.8 Å². The summed E-state index contributed by atoms with van der Waals surface area (Å²) in [4.78, 5) is 25.9. The Morgan fingerprint density at radius 2 is 2.03 bits per heavy atom. The lowest BCUT2D eigenvalue weighted by Crippen LogP contribution is -2.29. The van der Waals surface area contributed by atoms with Crippen LogP contribution in [0.25, 0.3) is 10.8 Å². The van der Waals surface area contributed by atoms with Crippen molar-refractivity contribution in [1.29, 1.82) is 0 Å². The van der Waals surface area contributed by atoms with Gasteiger partial charge in [0.2, 0.25) is 5.89 Å². The Morgan fingerprint density at radius 1 is 1.23 bits per heavy atom. The van der Waals surface area contributed by atoms with Gasteiger partial charge in [0.05, 0.1) is 22.5 Å². The van der Waals surface area contributed by atoms with Crippen molar-refractivity contribution in [2.45, 2.75) is 26.3 Å². The van der Waals surface area contributed by atoms with E-state index in [-0.39, 0.29) is 5.91 Å². The molecule has 1 saturated heterocycles. The molecule has 0 radical (unpaired) electrons. The first-order valence-electron chi connectivity index (χ1n) is 10.6. The average molecular weight is 436 g/mol. The minimum absolute atomic E-state index is 0.155. The SMILES string of the molecule is Cc1cnc(-c2cc3c(s2)C(NC(=O)c2ccc(NCCN4CCCC4)cc2)=NC3)o1. The highest BCUT2D eigenvalue weighted by molar-refractivity contribution is 7.17. The van der Waals surface area contributed by atoms with Crippen LogP contribution in [-0.2, 0) is 6.54 Å². The number of nitrogens with one attached hydrogen (secondary N) is 2. The fourth-order valence-electron chi connectivity index (χ4n) is 3.94. The van der Waals surface area contributed by atoms with E-state index in [9.17, 15) is 4.79 Å². The molecule has 1 amide bonds. The van der Waals surface area contributed by atoms with Crippen molar-refractivity contribution >= 4 is 28.8 Å². The number of aromatic nitrogens is 1. The van der Waals surface area contributed by atoms with Crippen LogP contribution in [0.1, 0.15) is 39.4 Å². The van der Waals surface area contributed by atoms with Crippen LogP contribution in [-0.4, -0.2) is 47.8 Å². The summed E-state index contributed by atoms with van der Waals surface area (Å²) in [6, 6.07) is 9.64. The lowest BCUT2D eigenvalue weighted by Gasteiger charge is -2.15. The predicted octanol–water partition coefficient (Wildman–Crippen LogP) is 3.91. The number of hydrogen-bond acceptors (Lipinski definition) is 7. The minimum Gasteiger partial charge on any atom is -0.441 e. The molecule has 1 aromatic carbocycles. The second-order valence-electron chi connectivity index (χ2n) is 7.91. The molecule has 0 aliphatic carbocycles. The third-order valence-electron chi connectivity index (χ3n) is 5.60. The number of rotatable bonds is 6. The van der Waals surface area contributed by atoms with Crippen molar-refractivity contribution in [2.24, 2.45) is 4.99 Å². The summed E-state index contributed by atoms with van der Waals surface area (Å²) in [5.74, 6) is 1.85. The fraction of sp³-hybridized carbons (Fsp3) is 0.348. The van der Waals surface area contributed by atoms with Crippen LogP contribution in [0.3, 0.4) is 0 Å². The molecule has 8 heteroatoms. The van der Waals surface area contributed by atoms with Gasteiger partial charge in [-0.2, -0.15) is 0 Å². The zero-order chi connectivity index (χ0) is 21.2. The monoisotopic (exact) mass is 435 g/mol. The summed E-state index contributed by atoms with van der Waals surface area (Å²) in [6.45, 7) is 6.81. The Bertz CT molecular complexity index is 1110. The molecule has 31 heavy (non-hydrogen) atoms. The van der Waals surface area contributed by atoms with E-state index < -0.39 is 0 Å². The Morgan fingerprint density at radius 3 is 2.77 bits per heavy atom. The van der Waals surface area contributed by atoms with Crippen LogP contribution in [0, 0.1) is 6.92 Å². The first-order valence-corrected chi connectivity index (χ1v) is 11.5. The average Bonchev–Trinajstić information content (AvgIpc) is 3.55. The number of likely N-dealkylation sites (tertiary alicyclic amines) is 1. The molecule has 0 spiro atoms. The highest BCUT2D eigenvalue weighted by Crippen LogP contribution is 2.34. The molecule has 0 bridgehead atoms. The predicted molar refractivity (Wildman–Crippen MR) is 123 cm³/mol. The molecule has 4 heterocycles. The molecule has 1 fully saturated rings. The standard InChI is InChI=1S/C23H25N5O2S/c1-15-13-26-23(30-15)19-12-17-14-25-21(20(17)31-19)27-22(29)16-4-6-18(7-5-16)24-8-11-28-9-2-3-10-28/h4-7,12-13,24H,2-3,8-11,14H2,1H3,(H,25,27,29). The number of hydrogen-bond donors (Lipinski definition) is 2. The number of carbonyl (C=O) groups excluding carboxylic acids is 1. The summed E-state index contributed by atoms with van der Waals surface area (Å²) in [5, 5.41) is 6.40. The number of aliphatic imine (C=N–C) groups is 1. The summed E-state index contributed by atoms with van der Waals surface area (Å²) < 4.78 is 5.62. The molecule has 2 aliphatic rings. The van der Waals surface area contributed by atoms with Gasteiger partial charge in [-0.15, -0.1) is 11.3 Å². The van der Waals surface area contributed by atoms with Crippen molar-refractivity contribution in [3.63, 3.8) is 0 Å². The summed E-state index contributed by atoms with van der Waals surface area (Å²) in [7, 11) is 0. The highest BCUT2D eigenvalue weighted by atomic mass is 32.1. The third kappa shape index (κ3) is 4.40. The molecular formula is C23H25N5O2S. The van der Waals surface area contributed by atoms with Gasteiger partial charge in [0.15, 0.2) is 0 Å². The lowest BCUT2D eigenvalue weighted by atomic mass is 10.2. The molecule has 2 aromatic heterocycles. The van der Waals surface area contributed by atoms with Gasteiger partial charge in [-0.1, -0.05) is 0 Å². The highest BCUT2D eigenvalue weighted by Gasteiger charge is 2.23. The molecule has 2 N–H and O–H groups in total. The van der Waals surface area contributed by atoms with Crippen molar-refractivity contribution in [1.82, 2.24) is 15.2 Å². The number of benzene rings is 1. The Labute approximate surface area is 185 Å². The maximum atomic E-state index is 12.7. The van der Waals surface area contributed by atoms with Crippen molar-refractivity contribution in [3.05, 3.63) is 58.3 Å². The molecule has 3 aromatic rings. The number of aryl methyl sites for hydroxylation is 1. The smallest absolute Gasteiger partial charge is 0.256 e. The zero-order valence-corrected chi connectivity index (χ0v) is 18.3. The number of carbonyl (C=O) groups is 1. The Balaban J connectivity index is 1.19. The van der Waals surface area contributed by atoms with Gasteiger partial charge in [0.1, 0.15) is 11.6 Å². The first-order chi connectivity index (χ1) is 15.2. The minimum atomic E-state index is -0.155. The van der Waals surface area contributed by atoms with Crippen LogP contribution in [0.5, 0.6) is 0 Å². The van der Waals surface area contributed by atoms with E-state index in [2.05, 4.69) is 25.5 Å². The van der Waals surface area contributed by atoms with Crippen LogP contribution >= 0.6 is 11.3 Å². The number of fused-ring (bicyclic) bond motifs is 1. The van der Waals surface area contributed by atoms with Gasteiger partial charge >= 0.3 is 0 Å². The Kier molecular flexibility index (Phi) is 5.57. The molecule has 2 aliphatic heterocycles. The van der Waals surface area contributed by atoms with Gasteiger partial charge in [0.25, 0.3) is 5.91 Å². The van der Waals surface area contributed by atoms with E-state index in [0.717, 1.165) is 39.9 Å². The second kappa shape index (κ2) is 8.64. The maximum Gasteiger partial charge on any atom is 0.256 e. The molecule has 0 atom stereocenters. The molecule has 0 saturated carbocycles. The number of thiophene rings is 1. The quantitative estimate of drug-likeness (QED) is 0.613. The maximum absolute atomic E-state index is 12.7. The van der Waals surface area contributed by atoms with Crippen LogP contribution in [0.2, 0.25) is 0 Å². The van der Waals surface area contributed by atoms with Crippen LogP contribution < -0.4 is 10.6 Å². The number of anilines is 1. The number of nitrogens with zero attached hydrogens (tertiary/aromatic N) is 3. The zero-order valence-electron chi connectivity index (χ0n) is 17.5. The van der Waals surface area contributed by atoms with Crippen LogP contribution in [0.15, 0.2) is 45.9 Å². The van der Waals surface area contributed by atoms with E-state index in [0.29, 0.717) is 23.8 Å². The van der Waals surface area contributed by atoms with Gasteiger partial charge in [-0.05, 0) is 68.8 Å². The van der Waals surface area contributed by atoms with Gasteiger partial charge < -0.3 is 20.0 Å². The normalized spacial score (nSPS) is 15.7. The van der Waals surface area contributed by atoms with Gasteiger partial charge in [0, 0.05) is 24.3 Å². The van der Waals surface area contributed by atoms with Gasteiger partial charge in [-0.3, -0.25) is 9.79 Å². The molecule has 7 nitrogen and oxygen atoms in total. The van der Waals surface area contributed by atoms with E-state index >= 15 is 0 Å². The fourth-order valence-corrected chi connectivity index (χ4v) is 5.01. The van der Waals surface area contributed by atoms with Crippen LogP contribution in [0.4, 0.5) is 5.69 Å². The van der Waals surface area contributed by atoms with E-state index in [1.807, 2.05) is 37.3 Å². The molecular weight excluding hydrogens is 410 g/mol. The second-order valence-corrected chi connectivity index (χ2v) is 8.97. The summed E-state index contributed by atoms with van der Waals surface area (Å²) >= 11 is 1.54. The largest absolute Gasteiger partial charge is 0.441 e. The third-order valence-corrected chi connectivity index (χ3v) is 6.77. The van der Waals surface area contributed by atoms with Crippen molar-refractivity contribution in [2.75, 3.05) is 31.5 Å². The van der Waals surface area contributed by atoms with E-state index in [1.54, 1.807) is 6.20 Å². The van der Waals surface area contributed by atoms with E-state index in [4.69, 9.17) is 4.42 Å². The lowest BCUT2D eigenvalue weighted by molar-refractivity contribution is 0.0977. The first kappa shape index (κ1) is 20.0. The molecule has 5 rings (SSSR count). The van der Waals surface area contributed by atoms with Gasteiger partial charge in [-0.25, -0.2) is 4.98 Å². The number of amidine groups is 1. The number of oxazole rings is 1. The van der Waals surface area contributed by atoms with Crippen molar-refractivity contribution < 1.29 is 9.21 Å². The number of amides is 1. The Hall–Kier alpha value is -2.97. The molecule has 160 valence electrons. The molecule has 0 unspecified atom stereocenters. The summed E-state index contributed by atoms with van der Waals surface area (Å²) in [5.41, 5.74) is 2.73. The van der Waals surface area contributed by atoms with Crippen molar-refractivity contribution in [3.8, 4) is 10.8 Å². The summed E-state index contributed by atoms with van der Waals surface area (Å²) in [6.07, 6.45) is 4.33.